The summed E-state index contributed by atoms with van der Waals surface area (Å²) >= 11 is 1.93. The summed E-state index contributed by atoms with van der Waals surface area (Å²) in [5.41, 5.74) is 5.48. The molecule has 5 heteroatoms. The largest absolute Gasteiger partial charge is 0.339 e. The fourth-order valence-electron chi connectivity index (χ4n) is 1.67. The van der Waals surface area contributed by atoms with Crippen LogP contribution < -0.4 is 5.73 Å². The maximum atomic E-state index is 5.69. The van der Waals surface area contributed by atoms with Crippen LogP contribution in [-0.4, -0.2) is 22.4 Å². The molecule has 0 aromatic carbocycles. The Hall–Kier alpha value is -0.550. The van der Waals surface area contributed by atoms with E-state index < -0.39 is 0 Å². The van der Waals surface area contributed by atoms with Gasteiger partial charge in [-0.1, -0.05) is 11.6 Å². The van der Waals surface area contributed by atoms with E-state index in [1.807, 2.05) is 25.6 Å². The van der Waals surface area contributed by atoms with Crippen molar-refractivity contribution in [1.29, 1.82) is 0 Å². The van der Waals surface area contributed by atoms with E-state index in [0.29, 0.717) is 17.7 Å². The lowest BCUT2D eigenvalue weighted by Crippen LogP contribution is -2.28. The lowest BCUT2D eigenvalue weighted by Gasteiger charge is -2.18. The number of thioether (sulfide) groups is 1. The second kappa shape index (κ2) is 4.75. The van der Waals surface area contributed by atoms with Crippen LogP contribution in [0.15, 0.2) is 4.52 Å². The lowest BCUT2D eigenvalue weighted by molar-refractivity contribution is 0.309. The first-order chi connectivity index (χ1) is 7.63. The van der Waals surface area contributed by atoms with Crippen LogP contribution in [0.3, 0.4) is 0 Å². The average molecular weight is 241 g/mol. The van der Waals surface area contributed by atoms with Crippen molar-refractivity contribution >= 4 is 11.8 Å². The van der Waals surface area contributed by atoms with Gasteiger partial charge in [0.05, 0.1) is 10.7 Å². The maximum Gasteiger partial charge on any atom is 0.233 e. The molecule has 90 valence electrons. The standard InChI is InChI=1S/C11H19N3OS/c1-11(2,7-12)10-13-9(14-15-10)8-5-3-4-6-16-8/h8H,3-7,12H2,1-2H3. The predicted octanol–water partition coefficient (Wildman–Crippen LogP) is 2.26. The Morgan fingerprint density at radius 1 is 1.50 bits per heavy atom. The molecule has 0 spiro atoms. The minimum atomic E-state index is -0.218. The van der Waals surface area contributed by atoms with Crippen molar-refractivity contribution in [2.45, 2.75) is 43.8 Å². The normalized spacial score (nSPS) is 22.3. The molecule has 1 fully saturated rings. The van der Waals surface area contributed by atoms with Gasteiger partial charge in [-0.3, -0.25) is 0 Å². The summed E-state index contributed by atoms with van der Waals surface area (Å²) in [6.07, 6.45) is 3.73. The average Bonchev–Trinajstić information content (AvgIpc) is 2.80. The maximum absolute atomic E-state index is 5.69. The number of aromatic nitrogens is 2. The number of rotatable bonds is 3. The predicted molar refractivity (Wildman–Crippen MR) is 65.4 cm³/mol. The molecular formula is C11H19N3OS. The molecule has 1 aliphatic rings. The van der Waals surface area contributed by atoms with E-state index in [1.165, 1.54) is 18.6 Å². The molecule has 1 aromatic rings. The molecule has 4 nitrogen and oxygen atoms in total. The number of hydrogen-bond acceptors (Lipinski definition) is 5. The first-order valence-corrected chi connectivity index (χ1v) is 6.84. The Bertz CT molecular complexity index is 345. The highest BCUT2D eigenvalue weighted by molar-refractivity contribution is 7.99. The van der Waals surface area contributed by atoms with Crippen LogP contribution in [0.5, 0.6) is 0 Å². The van der Waals surface area contributed by atoms with Crippen LogP contribution in [0.4, 0.5) is 0 Å². The summed E-state index contributed by atoms with van der Waals surface area (Å²) in [5, 5.41) is 4.51. The summed E-state index contributed by atoms with van der Waals surface area (Å²) in [6.45, 7) is 4.57. The van der Waals surface area contributed by atoms with Crippen LogP contribution >= 0.6 is 11.8 Å². The zero-order valence-corrected chi connectivity index (χ0v) is 10.7. The van der Waals surface area contributed by atoms with Crippen molar-refractivity contribution in [2.75, 3.05) is 12.3 Å². The van der Waals surface area contributed by atoms with E-state index in [4.69, 9.17) is 10.3 Å². The SMILES string of the molecule is CC(C)(CN)c1nc(C2CCCCS2)no1. The summed E-state index contributed by atoms with van der Waals surface area (Å²) in [5.74, 6) is 2.71. The molecule has 0 bridgehead atoms. The highest BCUT2D eigenvalue weighted by Gasteiger charge is 2.28. The highest BCUT2D eigenvalue weighted by atomic mass is 32.2. The van der Waals surface area contributed by atoms with E-state index in [-0.39, 0.29) is 5.41 Å². The molecule has 2 rings (SSSR count). The molecule has 0 saturated carbocycles. The number of hydrogen-bond donors (Lipinski definition) is 1. The van der Waals surface area contributed by atoms with E-state index in [1.54, 1.807) is 0 Å². The molecule has 1 atom stereocenters. The number of nitrogens with zero attached hydrogens (tertiary/aromatic N) is 2. The first-order valence-electron chi connectivity index (χ1n) is 5.79. The molecule has 2 N–H and O–H groups in total. The van der Waals surface area contributed by atoms with Gasteiger partial charge in [0.2, 0.25) is 5.89 Å². The zero-order valence-electron chi connectivity index (χ0n) is 9.90. The first kappa shape index (κ1) is 11.9. The van der Waals surface area contributed by atoms with Gasteiger partial charge in [0.25, 0.3) is 0 Å². The van der Waals surface area contributed by atoms with Crippen molar-refractivity contribution in [1.82, 2.24) is 10.1 Å². The van der Waals surface area contributed by atoms with Gasteiger partial charge in [-0.2, -0.15) is 16.7 Å². The molecule has 1 aliphatic heterocycles. The summed E-state index contributed by atoms with van der Waals surface area (Å²) in [6, 6.07) is 0. The second-order valence-corrected chi connectivity index (χ2v) is 6.21. The Kier molecular flexibility index (Phi) is 3.54. The molecule has 0 aliphatic carbocycles. The van der Waals surface area contributed by atoms with E-state index in [2.05, 4.69) is 10.1 Å². The molecule has 16 heavy (non-hydrogen) atoms. The molecular weight excluding hydrogens is 222 g/mol. The number of nitrogens with two attached hydrogens (primary N) is 1. The van der Waals surface area contributed by atoms with E-state index in [0.717, 1.165) is 12.2 Å². The van der Waals surface area contributed by atoms with Crippen LogP contribution in [0, 0.1) is 0 Å². The second-order valence-electron chi connectivity index (χ2n) is 4.90. The third kappa shape index (κ3) is 2.40. The van der Waals surface area contributed by atoms with Crippen LogP contribution in [0.25, 0.3) is 0 Å². The van der Waals surface area contributed by atoms with Crippen molar-refractivity contribution in [3.8, 4) is 0 Å². The third-order valence-corrected chi connectivity index (χ3v) is 4.37. The third-order valence-electron chi connectivity index (χ3n) is 3.00. The summed E-state index contributed by atoms with van der Waals surface area (Å²) < 4.78 is 5.32. The molecule has 1 unspecified atom stereocenters. The van der Waals surface area contributed by atoms with Crippen molar-refractivity contribution in [2.24, 2.45) is 5.73 Å². The monoisotopic (exact) mass is 241 g/mol. The summed E-state index contributed by atoms with van der Waals surface area (Å²) in [4.78, 5) is 4.50. The molecule has 1 saturated heterocycles. The molecule has 2 heterocycles. The Morgan fingerprint density at radius 2 is 2.31 bits per heavy atom. The quantitative estimate of drug-likeness (QED) is 0.879. The smallest absolute Gasteiger partial charge is 0.233 e. The fraction of sp³-hybridized carbons (Fsp3) is 0.818. The zero-order chi connectivity index (χ0) is 11.6. The van der Waals surface area contributed by atoms with E-state index >= 15 is 0 Å². The van der Waals surface area contributed by atoms with Gasteiger partial charge in [-0.25, -0.2) is 0 Å². The van der Waals surface area contributed by atoms with Crippen LogP contribution in [0.1, 0.15) is 50.1 Å². The molecule has 0 amide bonds. The van der Waals surface area contributed by atoms with Gasteiger partial charge in [0.15, 0.2) is 5.82 Å². The van der Waals surface area contributed by atoms with Crippen molar-refractivity contribution in [3.05, 3.63) is 11.7 Å². The minimum absolute atomic E-state index is 0.218. The summed E-state index contributed by atoms with van der Waals surface area (Å²) in [7, 11) is 0. The van der Waals surface area contributed by atoms with Gasteiger partial charge < -0.3 is 10.3 Å². The van der Waals surface area contributed by atoms with Gasteiger partial charge >= 0.3 is 0 Å². The lowest BCUT2D eigenvalue weighted by atomic mass is 9.94. The van der Waals surface area contributed by atoms with Gasteiger partial charge in [0.1, 0.15) is 0 Å². The fourth-order valence-corrected chi connectivity index (χ4v) is 2.91. The minimum Gasteiger partial charge on any atom is -0.339 e. The van der Waals surface area contributed by atoms with Crippen molar-refractivity contribution in [3.63, 3.8) is 0 Å². The molecule has 0 radical (unpaired) electrons. The topological polar surface area (TPSA) is 64.9 Å². The Labute approximate surface area is 100 Å². The van der Waals surface area contributed by atoms with Crippen LogP contribution in [0.2, 0.25) is 0 Å². The van der Waals surface area contributed by atoms with Crippen molar-refractivity contribution < 1.29 is 4.52 Å². The molecule has 1 aromatic heterocycles. The Morgan fingerprint density at radius 3 is 2.94 bits per heavy atom. The van der Waals surface area contributed by atoms with Gasteiger partial charge in [0, 0.05) is 6.54 Å². The van der Waals surface area contributed by atoms with Crippen LogP contribution in [-0.2, 0) is 5.41 Å². The van der Waals surface area contributed by atoms with Gasteiger partial charge in [-0.15, -0.1) is 0 Å². The highest BCUT2D eigenvalue weighted by Crippen LogP contribution is 2.37. The van der Waals surface area contributed by atoms with E-state index in [9.17, 15) is 0 Å². The Balaban J connectivity index is 2.12. The van der Waals surface area contributed by atoms with Gasteiger partial charge in [-0.05, 0) is 32.4 Å².